The molecule has 0 saturated heterocycles. The fraction of sp³-hybridized carbons (Fsp3) is 1.00. The van der Waals surface area contributed by atoms with Crippen molar-refractivity contribution >= 4 is 0 Å². The monoisotopic (exact) mass is 254 g/mol. The molecule has 4 atom stereocenters. The van der Waals surface area contributed by atoms with Crippen LogP contribution in [0.25, 0.3) is 0 Å². The van der Waals surface area contributed by atoms with Crippen LogP contribution in [0.1, 0.15) is 66.2 Å². The van der Waals surface area contributed by atoms with Gasteiger partial charge < -0.3 is 10.2 Å². The first kappa shape index (κ1) is 14.3. The van der Waals surface area contributed by atoms with Crippen molar-refractivity contribution in [1.29, 1.82) is 0 Å². The third-order valence-corrected chi connectivity index (χ3v) is 6.42. The predicted octanol–water partition coefficient (Wildman–Crippen LogP) is 3.36. The second-order valence-corrected chi connectivity index (χ2v) is 7.69. The Bertz CT molecular complexity index is 312. The third kappa shape index (κ3) is 1.84. The number of hydrogen-bond donors (Lipinski definition) is 2. The van der Waals surface area contributed by atoms with Crippen LogP contribution >= 0.6 is 0 Å². The van der Waals surface area contributed by atoms with Crippen LogP contribution in [-0.4, -0.2) is 22.4 Å². The molecule has 2 aliphatic carbocycles. The Hall–Kier alpha value is -0.0800. The summed E-state index contributed by atoms with van der Waals surface area (Å²) in [6, 6.07) is 0. The van der Waals surface area contributed by atoms with Gasteiger partial charge in [-0.15, -0.1) is 0 Å². The summed E-state index contributed by atoms with van der Waals surface area (Å²) in [4.78, 5) is 0. The Labute approximate surface area is 112 Å². The Morgan fingerprint density at radius 3 is 2.39 bits per heavy atom. The van der Waals surface area contributed by atoms with Gasteiger partial charge in [0.2, 0.25) is 0 Å². The SMILES string of the molecule is CC1CCC2C(C)(C)CCC[C@]2(C)[C@@]1(O)CCO. The Kier molecular flexibility index (Phi) is 3.57. The maximum atomic E-state index is 11.3. The van der Waals surface area contributed by atoms with Gasteiger partial charge in [0, 0.05) is 13.0 Å². The third-order valence-electron chi connectivity index (χ3n) is 6.42. The van der Waals surface area contributed by atoms with Crippen molar-refractivity contribution in [2.24, 2.45) is 22.7 Å². The molecule has 106 valence electrons. The first-order valence-corrected chi connectivity index (χ1v) is 7.61. The molecule has 0 bridgehead atoms. The molecule has 18 heavy (non-hydrogen) atoms. The molecule has 0 aromatic carbocycles. The molecular weight excluding hydrogens is 224 g/mol. The quantitative estimate of drug-likeness (QED) is 0.793. The Balaban J connectivity index is 2.40. The fourth-order valence-corrected chi connectivity index (χ4v) is 5.27. The molecule has 2 rings (SSSR count). The normalized spacial score (nSPS) is 47.7. The summed E-state index contributed by atoms with van der Waals surface area (Å²) in [7, 11) is 0. The Morgan fingerprint density at radius 2 is 1.78 bits per heavy atom. The molecule has 2 unspecified atom stereocenters. The van der Waals surface area contributed by atoms with Crippen LogP contribution in [0.4, 0.5) is 0 Å². The molecule has 0 spiro atoms. The van der Waals surface area contributed by atoms with E-state index in [0.717, 1.165) is 12.8 Å². The lowest BCUT2D eigenvalue weighted by Gasteiger charge is -2.63. The second kappa shape index (κ2) is 4.49. The number of rotatable bonds is 2. The van der Waals surface area contributed by atoms with E-state index in [1.165, 1.54) is 19.3 Å². The number of aliphatic hydroxyl groups excluding tert-OH is 1. The summed E-state index contributed by atoms with van der Waals surface area (Å²) in [5.41, 5.74) is -0.367. The van der Waals surface area contributed by atoms with Crippen LogP contribution in [0, 0.1) is 22.7 Å². The standard InChI is InChI=1S/C16H30O2/c1-12-6-7-13-14(2,3)8-5-9-15(13,4)16(12,18)10-11-17/h12-13,17-18H,5-11H2,1-4H3/t12?,13?,15-,16+/m0/s1. The summed E-state index contributed by atoms with van der Waals surface area (Å²) >= 11 is 0. The first-order valence-electron chi connectivity index (χ1n) is 7.61. The second-order valence-electron chi connectivity index (χ2n) is 7.69. The lowest BCUT2D eigenvalue weighted by Crippen LogP contribution is -2.62. The fourth-order valence-electron chi connectivity index (χ4n) is 5.27. The van der Waals surface area contributed by atoms with Crippen molar-refractivity contribution in [3.8, 4) is 0 Å². The average Bonchev–Trinajstić information content (AvgIpc) is 2.25. The number of hydrogen-bond acceptors (Lipinski definition) is 2. The number of fused-ring (bicyclic) bond motifs is 1. The van der Waals surface area contributed by atoms with E-state index >= 15 is 0 Å². The molecule has 0 aliphatic heterocycles. The minimum atomic E-state index is -0.678. The predicted molar refractivity (Wildman–Crippen MR) is 74.3 cm³/mol. The van der Waals surface area contributed by atoms with Crippen LogP contribution in [0.3, 0.4) is 0 Å². The summed E-state index contributed by atoms with van der Waals surface area (Å²) in [5.74, 6) is 0.895. The van der Waals surface area contributed by atoms with Crippen LogP contribution in [0.5, 0.6) is 0 Å². The molecule has 0 aromatic heterocycles. The van der Waals surface area contributed by atoms with Gasteiger partial charge in [0.15, 0.2) is 0 Å². The van der Waals surface area contributed by atoms with Crippen molar-refractivity contribution in [1.82, 2.24) is 0 Å². The molecule has 0 heterocycles. The smallest absolute Gasteiger partial charge is 0.0751 e. The first-order chi connectivity index (χ1) is 8.28. The maximum absolute atomic E-state index is 11.3. The lowest BCUT2D eigenvalue weighted by molar-refractivity contribution is -0.214. The van der Waals surface area contributed by atoms with Gasteiger partial charge in [-0.05, 0) is 48.3 Å². The zero-order chi connectivity index (χ0) is 13.6. The van der Waals surface area contributed by atoms with E-state index in [0.29, 0.717) is 23.7 Å². The van der Waals surface area contributed by atoms with Gasteiger partial charge in [0.1, 0.15) is 0 Å². The van der Waals surface area contributed by atoms with Crippen molar-refractivity contribution in [3.63, 3.8) is 0 Å². The van der Waals surface area contributed by atoms with E-state index in [1.54, 1.807) is 0 Å². The van der Waals surface area contributed by atoms with E-state index < -0.39 is 5.60 Å². The van der Waals surface area contributed by atoms with Crippen molar-refractivity contribution in [2.75, 3.05) is 6.61 Å². The van der Waals surface area contributed by atoms with E-state index in [-0.39, 0.29) is 12.0 Å². The van der Waals surface area contributed by atoms with Gasteiger partial charge >= 0.3 is 0 Å². The van der Waals surface area contributed by atoms with Crippen LogP contribution < -0.4 is 0 Å². The molecule has 0 aromatic rings. The van der Waals surface area contributed by atoms with Crippen molar-refractivity contribution in [3.05, 3.63) is 0 Å². The van der Waals surface area contributed by atoms with Crippen LogP contribution in [0.15, 0.2) is 0 Å². The molecule has 2 aliphatic rings. The lowest BCUT2D eigenvalue weighted by atomic mass is 9.44. The molecule has 0 amide bonds. The van der Waals surface area contributed by atoms with Gasteiger partial charge in [-0.3, -0.25) is 0 Å². The van der Waals surface area contributed by atoms with E-state index in [4.69, 9.17) is 0 Å². The largest absolute Gasteiger partial charge is 0.396 e. The molecule has 2 saturated carbocycles. The van der Waals surface area contributed by atoms with Gasteiger partial charge in [-0.2, -0.15) is 0 Å². The zero-order valence-electron chi connectivity index (χ0n) is 12.5. The van der Waals surface area contributed by atoms with Gasteiger partial charge in [-0.1, -0.05) is 34.1 Å². The topological polar surface area (TPSA) is 40.5 Å². The maximum Gasteiger partial charge on any atom is 0.0751 e. The average molecular weight is 254 g/mol. The minimum Gasteiger partial charge on any atom is -0.396 e. The molecule has 2 N–H and O–H groups in total. The zero-order valence-corrected chi connectivity index (χ0v) is 12.5. The highest BCUT2D eigenvalue weighted by Crippen LogP contribution is 2.63. The van der Waals surface area contributed by atoms with Crippen LogP contribution in [-0.2, 0) is 0 Å². The number of aliphatic hydroxyl groups is 2. The highest BCUT2D eigenvalue weighted by Gasteiger charge is 2.60. The van der Waals surface area contributed by atoms with Gasteiger partial charge in [-0.25, -0.2) is 0 Å². The molecule has 0 radical (unpaired) electrons. The summed E-state index contributed by atoms with van der Waals surface area (Å²) < 4.78 is 0. The highest BCUT2D eigenvalue weighted by atomic mass is 16.3. The van der Waals surface area contributed by atoms with Gasteiger partial charge in [0.25, 0.3) is 0 Å². The van der Waals surface area contributed by atoms with Crippen molar-refractivity contribution < 1.29 is 10.2 Å². The van der Waals surface area contributed by atoms with Gasteiger partial charge in [0.05, 0.1) is 5.60 Å². The molecular formula is C16H30O2. The van der Waals surface area contributed by atoms with Crippen molar-refractivity contribution in [2.45, 2.75) is 71.8 Å². The van der Waals surface area contributed by atoms with E-state index in [9.17, 15) is 10.2 Å². The molecule has 2 heteroatoms. The Morgan fingerprint density at radius 1 is 1.11 bits per heavy atom. The minimum absolute atomic E-state index is 0.0187. The summed E-state index contributed by atoms with van der Waals surface area (Å²) in [6.45, 7) is 9.28. The van der Waals surface area contributed by atoms with E-state index in [2.05, 4.69) is 27.7 Å². The molecule has 2 nitrogen and oxygen atoms in total. The summed E-state index contributed by atoms with van der Waals surface area (Å²) in [5, 5.41) is 20.6. The molecule has 2 fully saturated rings. The summed E-state index contributed by atoms with van der Waals surface area (Å²) in [6.07, 6.45) is 6.47. The van der Waals surface area contributed by atoms with Crippen LogP contribution in [0.2, 0.25) is 0 Å². The van der Waals surface area contributed by atoms with E-state index in [1.807, 2.05) is 0 Å². The highest BCUT2D eigenvalue weighted by molar-refractivity contribution is 5.10.